The summed E-state index contributed by atoms with van der Waals surface area (Å²) >= 11 is 0. The lowest BCUT2D eigenvalue weighted by Crippen LogP contribution is -2.29. The maximum atomic E-state index is 13.5. The molecule has 22 heavy (non-hydrogen) atoms. The monoisotopic (exact) mass is 362 g/mol. The molecule has 1 aliphatic heterocycles. The fourth-order valence-corrected chi connectivity index (χ4v) is 3.42. The van der Waals surface area contributed by atoms with Crippen molar-refractivity contribution < 1.29 is 26.0 Å². The number of sulfonamides is 1. The third-order valence-corrected chi connectivity index (χ3v) is 4.83. The third-order valence-electron chi connectivity index (χ3n) is 3.35. The molecule has 1 aromatic carbocycles. The van der Waals surface area contributed by atoms with Gasteiger partial charge in [0.1, 0.15) is 0 Å². The third kappa shape index (κ3) is 4.09. The smallest absolute Gasteiger partial charge is 0.246 e. The van der Waals surface area contributed by atoms with E-state index in [4.69, 9.17) is 0 Å². The van der Waals surface area contributed by atoms with E-state index in [1.807, 2.05) is 4.72 Å². The summed E-state index contributed by atoms with van der Waals surface area (Å²) in [7, 11) is -4.66. The topological polar surface area (TPSA) is 58.2 Å². The van der Waals surface area contributed by atoms with Gasteiger partial charge >= 0.3 is 0 Å². The second-order valence-corrected chi connectivity index (χ2v) is 6.55. The first-order chi connectivity index (χ1) is 9.83. The normalized spacial score (nSPS) is 18.3. The molecule has 0 radical (unpaired) electrons. The van der Waals surface area contributed by atoms with Crippen LogP contribution in [0.5, 0.6) is 0 Å². The van der Waals surface area contributed by atoms with Gasteiger partial charge in [-0.15, -0.1) is 12.4 Å². The lowest BCUT2D eigenvalue weighted by Gasteiger charge is -2.11. The van der Waals surface area contributed by atoms with Gasteiger partial charge in [-0.3, -0.25) is 0 Å². The van der Waals surface area contributed by atoms with Crippen LogP contribution in [0.2, 0.25) is 0 Å². The summed E-state index contributed by atoms with van der Waals surface area (Å²) in [6, 6.07) is -0.0338. The van der Waals surface area contributed by atoms with Gasteiger partial charge in [-0.05, 0) is 31.8 Å². The van der Waals surface area contributed by atoms with E-state index in [2.05, 4.69) is 5.32 Å². The Morgan fingerprint density at radius 2 is 1.77 bits per heavy atom. The van der Waals surface area contributed by atoms with Gasteiger partial charge in [-0.1, -0.05) is 0 Å². The second-order valence-electron chi connectivity index (χ2n) is 4.84. The summed E-state index contributed by atoms with van der Waals surface area (Å²) < 4.78 is 78.6. The van der Waals surface area contributed by atoms with E-state index >= 15 is 0 Å². The lowest BCUT2D eigenvalue weighted by molar-refractivity contribution is 0.417. The Labute approximate surface area is 131 Å². The molecular weight excluding hydrogens is 348 g/mol. The number of halogens is 5. The quantitative estimate of drug-likeness (QED) is 0.621. The number of nitrogens with one attached hydrogen (secondary N) is 2. The molecule has 0 spiro atoms. The minimum atomic E-state index is -4.66. The zero-order valence-corrected chi connectivity index (χ0v) is 13.0. The predicted octanol–water partition coefficient (Wildman–Crippen LogP) is 1.94. The Kier molecular flexibility index (Phi) is 6.60. The zero-order chi connectivity index (χ0) is 15.6. The highest BCUT2D eigenvalue weighted by Crippen LogP contribution is 2.23. The zero-order valence-electron chi connectivity index (χ0n) is 11.3. The van der Waals surface area contributed by atoms with Crippen LogP contribution in [0.15, 0.2) is 11.0 Å². The van der Waals surface area contributed by atoms with Crippen molar-refractivity contribution in [3.05, 3.63) is 29.3 Å². The van der Waals surface area contributed by atoms with Crippen LogP contribution in [0, 0.1) is 29.2 Å². The predicted molar refractivity (Wildman–Crippen MR) is 74.3 cm³/mol. The average molecular weight is 363 g/mol. The van der Waals surface area contributed by atoms with E-state index in [0.29, 0.717) is 6.42 Å². The molecule has 1 aliphatic rings. The van der Waals surface area contributed by atoms with Crippen LogP contribution >= 0.6 is 12.4 Å². The lowest BCUT2D eigenvalue weighted by atomic mass is 10.1. The Bertz CT molecular complexity index is 610. The number of rotatable bonds is 5. The van der Waals surface area contributed by atoms with Crippen LogP contribution in [0.3, 0.4) is 0 Å². The second kappa shape index (κ2) is 7.58. The summed E-state index contributed by atoms with van der Waals surface area (Å²) in [6.45, 7) is 1.50. The van der Waals surface area contributed by atoms with Crippen molar-refractivity contribution in [1.82, 2.24) is 10.0 Å². The first kappa shape index (κ1) is 19.1. The van der Waals surface area contributed by atoms with Crippen LogP contribution in [0.4, 0.5) is 17.6 Å². The molecular formula is C12H15ClF4N2O2S. The maximum absolute atomic E-state index is 13.5. The van der Waals surface area contributed by atoms with Gasteiger partial charge in [0.05, 0.1) is 0 Å². The van der Waals surface area contributed by atoms with Crippen LogP contribution in [0.25, 0.3) is 0 Å². The number of hydrogen-bond acceptors (Lipinski definition) is 3. The number of benzene rings is 1. The summed E-state index contributed by atoms with van der Waals surface area (Å²) in [5.74, 6) is -7.11. The maximum Gasteiger partial charge on any atom is 0.246 e. The molecule has 1 heterocycles. The summed E-state index contributed by atoms with van der Waals surface area (Å²) in [4.78, 5) is -1.62. The molecule has 2 N–H and O–H groups in total. The molecule has 0 aliphatic carbocycles. The summed E-state index contributed by atoms with van der Waals surface area (Å²) in [6.07, 6.45) is 1.34. The molecule has 0 aromatic heterocycles. The van der Waals surface area contributed by atoms with Crippen molar-refractivity contribution in [1.29, 1.82) is 0 Å². The molecule has 4 nitrogen and oxygen atoms in total. The van der Waals surface area contributed by atoms with Crippen LogP contribution < -0.4 is 10.0 Å². The van der Waals surface area contributed by atoms with Gasteiger partial charge in [-0.25, -0.2) is 30.7 Å². The first-order valence-corrected chi connectivity index (χ1v) is 7.84. The van der Waals surface area contributed by atoms with Crippen LogP contribution in [-0.4, -0.2) is 28.1 Å². The van der Waals surface area contributed by atoms with Crippen molar-refractivity contribution in [3.8, 4) is 0 Å². The van der Waals surface area contributed by atoms with E-state index < -0.39 is 38.2 Å². The molecule has 0 amide bonds. The van der Waals surface area contributed by atoms with Gasteiger partial charge in [0.25, 0.3) is 0 Å². The van der Waals surface area contributed by atoms with Crippen molar-refractivity contribution in [2.75, 3.05) is 19.6 Å². The molecule has 0 bridgehead atoms. The minimum Gasteiger partial charge on any atom is -0.316 e. The van der Waals surface area contributed by atoms with Crippen molar-refractivity contribution in [3.63, 3.8) is 0 Å². The van der Waals surface area contributed by atoms with Gasteiger partial charge < -0.3 is 5.32 Å². The van der Waals surface area contributed by atoms with Crippen molar-refractivity contribution in [2.24, 2.45) is 5.92 Å². The van der Waals surface area contributed by atoms with Gasteiger partial charge in [0, 0.05) is 12.6 Å². The first-order valence-electron chi connectivity index (χ1n) is 6.36. The Balaban J connectivity index is 0.00000242. The van der Waals surface area contributed by atoms with Crippen molar-refractivity contribution in [2.45, 2.75) is 17.7 Å². The van der Waals surface area contributed by atoms with Crippen molar-refractivity contribution >= 4 is 22.4 Å². The SMILES string of the molecule is Cl.O=S(=O)(NCCC1CCNC1)c1c(F)c(F)cc(F)c1F. The molecule has 1 unspecified atom stereocenters. The molecule has 0 saturated carbocycles. The molecule has 1 fully saturated rings. The van der Waals surface area contributed by atoms with Gasteiger partial charge in [0.2, 0.25) is 10.0 Å². The Morgan fingerprint density at radius 3 is 2.27 bits per heavy atom. The highest BCUT2D eigenvalue weighted by atomic mass is 35.5. The molecule has 1 saturated heterocycles. The molecule has 10 heteroatoms. The average Bonchev–Trinajstić information content (AvgIpc) is 2.89. The fraction of sp³-hybridized carbons (Fsp3) is 0.500. The van der Waals surface area contributed by atoms with E-state index in [-0.39, 0.29) is 30.9 Å². The van der Waals surface area contributed by atoms with Gasteiger partial charge in [0.15, 0.2) is 28.2 Å². The molecule has 1 aromatic rings. The minimum absolute atomic E-state index is 0. The van der Waals surface area contributed by atoms with Crippen LogP contribution in [-0.2, 0) is 10.0 Å². The highest BCUT2D eigenvalue weighted by molar-refractivity contribution is 7.89. The highest BCUT2D eigenvalue weighted by Gasteiger charge is 2.29. The van der Waals surface area contributed by atoms with E-state index in [0.717, 1.165) is 19.5 Å². The van der Waals surface area contributed by atoms with E-state index in [1.54, 1.807) is 0 Å². The van der Waals surface area contributed by atoms with E-state index in [1.165, 1.54) is 0 Å². The molecule has 2 rings (SSSR count). The fourth-order valence-electron chi connectivity index (χ4n) is 2.22. The largest absolute Gasteiger partial charge is 0.316 e. The standard InChI is InChI=1S/C12H14F4N2O2S.ClH/c13-8-5-9(14)11(16)12(10(8)15)21(19,20)18-4-2-7-1-3-17-6-7;/h5,7,17-18H,1-4,6H2;1H. The molecule has 126 valence electrons. The molecule has 1 atom stereocenters. The van der Waals surface area contributed by atoms with E-state index in [9.17, 15) is 26.0 Å². The summed E-state index contributed by atoms with van der Waals surface area (Å²) in [5.41, 5.74) is 0. The van der Waals surface area contributed by atoms with Gasteiger partial charge in [-0.2, -0.15) is 0 Å². The number of hydrogen-bond donors (Lipinski definition) is 2. The Morgan fingerprint density at radius 1 is 1.18 bits per heavy atom. The van der Waals surface area contributed by atoms with Crippen LogP contribution in [0.1, 0.15) is 12.8 Å². The summed E-state index contributed by atoms with van der Waals surface area (Å²) in [5, 5.41) is 3.09. The Hall–Kier alpha value is -0.900.